The Morgan fingerprint density at radius 3 is 2.29 bits per heavy atom. The SMILES string of the molecule is O=S(=O)(Nc1ccc(F)cc1)c1ccc(Br)s1. The highest BCUT2D eigenvalue weighted by molar-refractivity contribution is 9.11. The Kier molecular flexibility index (Phi) is 3.50. The average molecular weight is 336 g/mol. The van der Waals surface area contributed by atoms with Gasteiger partial charge in [-0.15, -0.1) is 11.3 Å². The van der Waals surface area contributed by atoms with Gasteiger partial charge in [-0.05, 0) is 52.3 Å². The van der Waals surface area contributed by atoms with Gasteiger partial charge in [0, 0.05) is 5.69 Å². The van der Waals surface area contributed by atoms with Crippen LogP contribution in [-0.4, -0.2) is 8.42 Å². The Labute approximate surface area is 110 Å². The number of anilines is 1. The van der Waals surface area contributed by atoms with Crippen molar-refractivity contribution in [1.29, 1.82) is 0 Å². The molecule has 0 atom stereocenters. The molecule has 0 fully saturated rings. The lowest BCUT2D eigenvalue weighted by atomic mass is 10.3. The molecular weight excluding hydrogens is 329 g/mol. The van der Waals surface area contributed by atoms with Gasteiger partial charge in [0.1, 0.15) is 10.0 Å². The molecule has 0 saturated heterocycles. The molecule has 0 radical (unpaired) electrons. The summed E-state index contributed by atoms with van der Waals surface area (Å²) in [5.41, 5.74) is 0.330. The van der Waals surface area contributed by atoms with Crippen molar-refractivity contribution in [2.24, 2.45) is 0 Å². The van der Waals surface area contributed by atoms with Gasteiger partial charge in [-0.2, -0.15) is 0 Å². The van der Waals surface area contributed by atoms with Crippen molar-refractivity contribution in [1.82, 2.24) is 0 Å². The summed E-state index contributed by atoms with van der Waals surface area (Å²) in [7, 11) is -3.59. The molecule has 90 valence electrons. The molecule has 17 heavy (non-hydrogen) atoms. The third-order valence-corrected chi connectivity index (χ3v) is 5.41. The summed E-state index contributed by atoms with van der Waals surface area (Å²) in [4.78, 5) is 0. The Hall–Kier alpha value is -0.920. The molecular formula is C10H7BrFNO2S2. The number of halogens is 2. The smallest absolute Gasteiger partial charge is 0.271 e. The predicted molar refractivity (Wildman–Crippen MR) is 69.2 cm³/mol. The van der Waals surface area contributed by atoms with Crippen LogP contribution in [0.3, 0.4) is 0 Å². The number of hydrogen-bond acceptors (Lipinski definition) is 3. The van der Waals surface area contributed by atoms with Gasteiger partial charge in [0.15, 0.2) is 0 Å². The fourth-order valence-electron chi connectivity index (χ4n) is 1.17. The van der Waals surface area contributed by atoms with E-state index in [4.69, 9.17) is 0 Å². The van der Waals surface area contributed by atoms with Gasteiger partial charge >= 0.3 is 0 Å². The van der Waals surface area contributed by atoms with Crippen molar-refractivity contribution in [3.05, 3.63) is 46.0 Å². The van der Waals surface area contributed by atoms with Gasteiger partial charge in [-0.1, -0.05) is 0 Å². The van der Waals surface area contributed by atoms with Crippen molar-refractivity contribution in [3.8, 4) is 0 Å². The first kappa shape index (κ1) is 12.5. The summed E-state index contributed by atoms with van der Waals surface area (Å²) >= 11 is 4.31. The van der Waals surface area contributed by atoms with Crippen LogP contribution in [0.2, 0.25) is 0 Å². The van der Waals surface area contributed by atoms with E-state index >= 15 is 0 Å². The van der Waals surface area contributed by atoms with Gasteiger partial charge in [0.2, 0.25) is 0 Å². The van der Waals surface area contributed by atoms with Crippen molar-refractivity contribution in [2.75, 3.05) is 4.72 Å². The summed E-state index contributed by atoms with van der Waals surface area (Å²) in [6.45, 7) is 0. The maximum Gasteiger partial charge on any atom is 0.271 e. The van der Waals surface area contributed by atoms with Crippen LogP contribution >= 0.6 is 27.3 Å². The zero-order valence-corrected chi connectivity index (χ0v) is 11.6. The number of rotatable bonds is 3. The Balaban J connectivity index is 2.26. The molecule has 2 rings (SSSR count). The Morgan fingerprint density at radius 1 is 1.12 bits per heavy atom. The van der Waals surface area contributed by atoms with E-state index in [9.17, 15) is 12.8 Å². The second-order valence-electron chi connectivity index (χ2n) is 3.17. The van der Waals surface area contributed by atoms with E-state index in [2.05, 4.69) is 20.7 Å². The van der Waals surface area contributed by atoms with Crippen LogP contribution in [0.5, 0.6) is 0 Å². The molecule has 1 aromatic heterocycles. The maximum atomic E-state index is 12.7. The van der Waals surface area contributed by atoms with E-state index in [0.29, 0.717) is 5.69 Å². The molecule has 0 amide bonds. The van der Waals surface area contributed by atoms with E-state index in [1.807, 2.05) is 0 Å². The largest absolute Gasteiger partial charge is 0.279 e. The lowest BCUT2D eigenvalue weighted by Gasteiger charge is -2.05. The number of nitrogens with one attached hydrogen (secondary N) is 1. The molecule has 0 aliphatic carbocycles. The normalized spacial score (nSPS) is 11.4. The lowest BCUT2D eigenvalue weighted by molar-refractivity contribution is 0.603. The third kappa shape index (κ3) is 3.05. The molecule has 1 aromatic carbocycles. The first-order valence-electron chi connectivity index (χ1n) is 4.51. The Morgan fingerprint density at radius 2 is 1.76 bits per heavy atom. The monoisotopic (exact) mass is 335 g/mol. The minimum atomic E-state index is -3.59. The summed E-state index contributed by atoms with van der Waals surface area (Å²) in [6, 6.07) is 8.29. The van der Waals surface area contributed by atoms with E-state index in [-0.39, 0.29) is 4.21 Å². The molecule has 3 nitrogen and oxygen atoms in total. The lowest BCUT2D eigenvalue weighted by Crippen LogP contribution is -2.11. The number of sulfonamides is 1. The van der Waals surface area contributed by atoms with Crippen LogP contribution in [0.25, 0.3) is 0 Å². The van der Waals surface area contributed by atoms with Crippen LogP contribution in [-0.2, 0) is 10.0 Å². The number of thiophene rings is 1. The standard InChI is InChI=1S/C10H7BrFNO2S2/c11-9-5-6-10(16-9)17(14,15)13-8-3-1-7(12)2-4-8/h1-6,13H. The molecule has 0 spiro atoms. The first-order valence-corrected chi connectivity index (χ1v) is 7.60. The van der Waals surface area contributed by atoms with Crippen LogP contribution < -0.4 is 4.72 Å². The summed E-state index contributed by atoms with van der Waals surface area (Å²) in [5.74, 6) is -0.410. The molecule has 1 N–H and O–H groups in total. The third-order valence-electron chi connectivity index (χ3n) is 1.91. The van der Waals surface area contributed by atoms with Gasteiger partial charge in [0.05, 0.1) is 3.79 Å². The van der Waals surface area contributed by atoms with Gasteiger partial charge in [0.25, 0.3) is 10.0 Å². The second kappa shape index (κ2) is 4.75. The predicted octanol–water partition coefficient (Wildman–Crippen LogP) is 3.45. The molecule has 7 heteroatoms. The summed E-state index contributed by atoms with van der Waals surface area (Å²) in [6.07, 6.45) is 0. The Bertz CT molecular complexity index is 622. The molecule has 0 bridgehead atoms. The number of benzene rings is 1. The van der Waals surface area contributed by atoms with Crippen LogP contribution in [0.1, 0.15) is 0 Å². The van der Waals surface area contributed by atoms with E-state index in [1.54, 1.807) is 6.07 Å². The first-order chi connectivity index (χ1) is 7.97. The highest BCUT2D eigenvalue weighted by Gasteiger charge is 2.16. The van der Waals surface area contributed by atoms with E-state index in [1.165, 1.54) is 30.3 Å². The highest BCUT2D eigenvalue weighted by Crippen LogP contribution is 2.27. The second-order valence-corrected chi connectivity index (χ2v) is 7.54. The molecule has 0 aliphatic rings. The van der Waals surface area contributed by atoms with Crippen molar-refractivity contribution < 1.29 is 12.8 Å². The minimum Gasteiger partial charge on any atom is -0.279 e. The quantitative estimate of drug-likeness (QED) is 0.933. The molecule has 2 aromatic rings. The fourth-order valence-corrected chi connectivity index (χ4v) is 4.23. The molecule has 0 unspecified atom stereocenters. The average Bonchev–Trinajstić information content (AvgIpc) is 2.69. The van der Waals surface area contributed by atoms with Crippen LogP contribution in [0.4, 0.5) is 10.1 Å². The topological polar surface area (TPSA) is 46.2 Å². The number of hydrogen-bond donors (Lipinski definition) is 1. The minimum absolute atomic E-state index is 0.203. The molecule has 0 saturated carbocycles. The summed E-state index contributed by atoms with van der Waals surface area (Å²) < 4.78 is 39.7. The van der Waals surface area contributed by atoms with E-state index < -0.39 is 15.8 Å². The van der Waals surface area contributed by atoms with E-state index in [0.717, 1.165) is 15.1 Å². The van der Waals surface area contributed by atoms with Crippen molar-refractivity contribution >= 4 is 43.0 Å². The molecule has 0 aliphatic heterocycles. The molecule has 1 heterocycles. The van der Waals surface area contributed by atoms with Crippen molar-refractivity contribution in [2.45, 2.75) is 4.21 Å². The van der Waals surface area contributed by atoms with Gasteiger partial charge in [-0.25, -0.2) is 12.8 Å². The highest BCUT2D eigenvalue weighted by atomic mass is 79.9. The fraction of sp³-hybridized carbons (Fsp3) is 0. The zero-order chi connectivity index (χ0) is 12.5. The summed E-state index contributed by atoms with van der Waals surface area (Å²) in [5, 5.41) is 0. The van der Waals surface area contributed by atoms with Crippen LogP contribution in [0, 0.1) is 5.82 Å². The van der Waals surface area contributed by atoms with Gasteiger partial charge < -0.3 is 0 Å². The zero-order valence-electron chi connectivity index (χ0n) is 8.35. The van der Waals surface area contributed by atoms with Crippen molar-refractivity contribution in [3.63, 3.8) is 0 Å². The van der Waals surface area contributed by atoms with Crippen LogP contribution in [0.15, 0.2) is 44.4 Å². The van der Waals surface area contributed by atoms with Gasteiger partial charge in [-0.3, -0.25) is 4.72 Å². The maximum absolute atomic E-state index is 12.7.